The van der Waals surface area contributed by atoms with Gasteiger partial charge < -0.3 is 20.5 Å². The van der Waals surface area contributed by atoms with Gasteiger partial charge in [-0.25, -0.2) is 4.79 Å². The van der Waals surface area contributed by atoms with E-state index in [2.05, 4.69) is 34.6 Å². The maximum absolute atomic E-state index is 12.7. The van der Waals surface area contributed by atoms with E-state index >= 15 is 0 Å². The van der Waals surface area contributed by atoms with Crippen LogP contribution in [0.1, 0.15) is 50.7 Å². The minimum Gasteiger partial charge on any atom is -0.481 e. The van der Waals surface area contributed by atoms with E-state index in [-0.39, 0.29) is 31.4 Å². The fourth-order valence-electron chi connectivity index (χ4n) is 4.38. The number of hydrogen-bond donors (Lipinski definition) is 3. The zero-order valence-corrected chi connectivity index (χ0v) is 20.3. The van der Waals surface area contributed by atoms with Crippen molar-refractivity contribution in [1.82, 2.24) is 10.6 Å². The van der Waals surface area contributed by atoms with E-state index < -0.39 is 29.9 Å². The number of alkyl carbamates (subject to hydrolysis) is 1. The van der Waals surface area contributed by atoms with E-state index in [1.54, 1.807) is 6.92 Å². The van der Waals surface area contributed by atoms with Crippen LogP contribution in [0.2, 0.25) is 0 Å². The highest BCUT2D eigenvalue weighted by Gasteiger charge is 2.30. The molecule has 0 aliphatic heterocycles. The average Bonchev–Trinajstić information content (AvgIpc) is 3.16. The van der Waals surface area contributed by atoms with Crippen LogP contribution in [-0.2, 0) is 14.3 Å². The molecule has 0 aromatic heterocycles. The molecule has 3 rings (SSSR count). The summed E-state index contributed by atoms with van der Waals surface area (Å²) in [6.45, 7) is 5.61. The Morgan fingerprint density at radius 3 is 2.17 bits per heavy atom. The topological polar surface area (TPSA) is 105 Å². The standard InChI is InChI=1S/C28H32N2O5/c1-4-5-14-25(26(31)29-16-19(27(32)33)15-18(2)3)30-28(34)35-17-24-22-12-8-6-10-20(22)21-11-7-9-13-23(21)24/h6-13,18-19,24-25H,14-17H2,1-3H3,(H,29,31)(H,30,34)(H,32,33). The van der Waals surface area contributed by atoms with Gasteiger partial charge in [0.2, 0.25) is 5.91 Å². The van der Waals surface area contributed by atoms with E-state index in [0.29, 0.717) is 6.42 Å². The third-order valence-corrected chi connectivity index (χ3v) is 6.06. The molecule has 0 fully saturated rings. The van der Waals surface area contributed by atoms with E-state index in [9.17, 15) is 19.5 Å². The fourth-order valence-corrected chi connectivity index (χ4v) is 4.38. The van der Waals surface area contributed by atoms with Gasteiger partial charge in [0.15, 0.2) is 0 Å². The van der Waals surface area contributed by atoms with Gasteiger partial charge in [0.25, 0.3) is 0 Å². The van der Waals surface area contributed by atoms with E-state index in [0.717, 1.165) is 22.3 Å². The molecule has 35 heavy (non-hydrogen) atoms. The summed E-state index contributed by atoms with van der Waals surface area (Å²) in [6, 6.07) is 15.1. The summed E-state index contributed by atoms with van der Waals surface area (Å²) >= 11 is 0. The van der Waals surface area contributed by atoms with Crippen molar-refractivity contribution in [3.63, 3.8) is 0 Å². The summed E-state index contributed by atoms with van der Waals surface area (Å²) in [4.78, 5) is 36.9. The number of benzene rings is 2. The summed E-state index contributed by atoms with van der Waals surface area (Å²) in [5.41, 5.74) is 4.44. The van der Waals surface area contributed by atoms with Crippen LogP contribution in [0.4, 0.5) is 4.79 Å². The van der Waals surface area contributed by atoms with Crippen molar-refractivity contribution in [2.45, 2.75) is 45.6 Å². The quantitative estimate of drug-likeness (QED) is 0.447. The molecule has 7 nitrogen and oxygen atoms in total. The lowest BCUT2D eigenvalue weighted by molar-refractivity contribution is -0.142. The number of carbonyl (C=O) groups is 3. The van der Waals surface area contributed by atoms with Crippen LogP contribution in [-0.4, -0.2) is 42.3 Å². The average molecular weight is 477 g/mol. The number of fused-ring (bicyclic) bond motifs is 3. The first kappa shape index (κ1) is 25.8. The zero-order chi connectivity index (χ0) is 25.4. The molecule has 7 heteroatoms. The second-order valence-corrected chi connectivity index (χ2v) is 9.06. The largest absolute Gasteiger partial charge is 0.481 e. The van der Waals surface area contributed by atoms with Crippen LogP contribution < -0.4 is 10.6 Å². The molecule has 3 N–H and O–H groups in total. The molecule has 184 valence electrons. The SMILES string of the molecule is CC#CCC(NC(=O)OCC1c2ccccc2-c2ccccc21)C(=O)NCC(CC(C)C)C(=O)O. The molecule has 0 radical (unpaired) electrons. The van der Waals surface area contributed by atoms with Gasteiger partial charge in [-0.2, -0.15) is 0 Å². The third-order valence-electron chi connectivity index (χ3n) is 6.06. The van der Waals surface area contributed by atoms with Crippen LogP contribution in [0, 0.1) is 23.7 Å². The molecule has 0 heterocycles. The number of aliphatic carboxylic acids is 1. The van der Waals surface area contributed by atoms with Gasteiger partial charge in [0.05, 0.1) is 5.92 Å². The monoisotopic (exact) mass is 476 g/mol. The van der Waals surface area contributed by atoms with Gasteiger partial charge in [0, 0.05) is 18.9 Å². The van der Waals surface area contributed by atoms with Crippen LogP contribution in [0.25, 0.3) is 11.1 Å². The first-order valence-electron chi connectivity index (χ1n) is 11.8. The fraction of sp³-hybridized carbons (Fsp3) is 0.393. The maximum atomic E-state index is 12.7. The number of hydrogen-bond acceptors (Lipinski definition) is 4. The van der Waals surface area contributed by atoms with Crippen LogP contribution >= 0.6 is 0 Å². The van der Waals surface area contributed by atoms with Crippen LogP contribution in [0.5, 0.6) is 0 Å². The molecule has 2 unspecified atom stereocenters. The summed E-state index contributed by atoms with van der Waals surface area (Å²) in [5, 5.41) is 14.7. The molecule has 0 spiro atoms. The minimum absolute atomic E-state index is 0.0191. The van der Waals surface area contributed by atoms with Crippen molar-refractivity contribution in [2.24, 2.45) is 11.8 Å². The number of carbonyl (C=O) groups excluding carboxylic acids is 2. The second-order valence-electron chi connectivity index (χ2n) is 9.06. The highest BCUT2D eigenvalue weighted by atomic mass is 16.5. The second kappa shape index (κ2) is 12.1. The molecule has 0 saturated carbocycles. The van der Waals surface area contributed by atoms with E-state index in [1.165, 1.54) is 0 Å². The summed E-state index contributed by atoms with van der Waals surface area (Å²) in [7, 11) is 0. The molecular weight excluding hydrogens is 444 g/mol. The first-order valence-corrected chi connectivity index (χ1v) is 11.8. The number of rotatable bonds is 10. The molecule has 1 aliphatic carbocycles. The number of carboxylic acids is 1. The number of carboxylic acid groups (broad SMARTS) is 1. The number of ether oxygens (including phenoxy) is 1. The molecule has 2 amide bonds. The Kier molecular flexibility index (Phi) is 8.91. The van der Waals surface area contributed by atoms with Crippen molar-refractivity contribution in [3.05, 3.63) is 59.7 Å². The smallest absolute Gasteiger partial charge is 0.407 e. The van der Waals surface area contributed by atoms with E-state index in [1.807, 2.05) is 50.2 Å². The van der Waals surface area contributed by atoms with Crippen molar-refractivity contribution < 1.29 is 24.2 Å². The Hall–Kier alpha value is -3.79. The summed E-state index contributed by atoms with van der Waals surface area (Å²) in [5.74, 6) is 3.45. The predicted molar refractivity (Wildman–Crippen MR) is 134 cm³/mol. The minimum atomic E-state index is -0.964. The van der Waals surface area contributed by atoms with Crippen molar-refractivity contribution >= 4 is 18.0 Å². The molecule has 0 saturated heterocycles. The first-order chi connectivity index (χ1) is 16.8. The summed E-state index contributed by atoms with van der Waals surface area (Å²) in [6.07, 6.45) is -0.189. The third kappa shape index (κ3) is 6.63. The van der Waals surface area contributed by atoms with E-state index in [4.69, 9.17) is 4.74 Å². The van der Waals surface area contributed by atoms with Gasteiger partial charge in [-0.1, -0.05) is 62.4 Å². The van der Waals surface area contributed by atoms with Gasteiger partial charge in [-0.3, -0.25) is 9.59 Å². The lowest BCUT2D eigenvalue weighted by atomic mass is 9.97. The Labute approximate surface area is 206 Å². The molecular formula is C28H32N2O5. The number of amides is 2. The zero-order valence-electron chi connectivity index (χ0n) is 20.3. The lowest BCUT2D eigenvalue weighted by Crippen LogP contribution is -2.48. The molecule has 2 atom stereocenters. The normalized spacial score (nSPS) is 13.6. The van der Waals surface area contributed by atoms with Gasteiger partial charge in [0.1, 0.15) is 12.6 Å². The Bertz CT molecular complexity index is 1090. The maximum Gasteiger partial charge on any atom is 0.407 e. The Morgan fingerprint density at radius 1 is 1.03 bits per heavy atom. The van der Waals surface area contributed by atoms with Crippen molar-refractivity contribution in [1.29, 1.82) is 0 Å². The predicted octanol–water partition coefficient (Wildman–Crippen LogP) is 4.17. The van der Waals surface area contributed by atoms with Gasteiger partial charge in [-0.15, -0.1) is 11.8 Å². The molecule has 2 aromatic carbocycles. The molecule has 0 bridgehead atoms. The molecule has 1 aliphatic rings. The van der Waals surface area contributed by atoms with Gasteiger partial charge in [-0.05, 0) is 41.5 Å². The Morgan fingerprint density at radius 2 is 1.63 bits per heavy atom. The van der Waals surface area contributed by atoms with Crippen LogP contribution in [0.3, 0.4) is 0 Å². The number of nitrogens with one attached hydrogen (secondary N) is 2. The summed E-state index contributed by atoms with van der Waals surface area (Å²) < 4.78 is 5.54. The van der Waals surface area contributed by atoms with Gasteiger partial charge >= 0.3 is 12.1 Å². The van der Waals surface area contributed by atoms with Crippen LogP contribution in [0.15, 0.2) is 48.5 Å². The van der Waals surface area contributed by atoms with Crippen molar-refractivity contribution in [2.75, 3.05) is 13.2 Å². The van der Waals surface area contributed by atoms with Crippen molar-refractivity contribution in [3.8, 4) is 23.0 Å². The highest BCUT2D eigenvalue weighted by molar-refractivity contribution is 5.86. The highest BCUT2D eigenvalue weighted by Crippen LogP contribution is 2.44. The molecule has 2 aromatic rings. The Balaban J connectivity index is 1.62. The lowest BCUT2D eigenvalue weighted by Gasteiger charge is -2.20.